The van der Waals surface area contributed by atoms with Gasteiger partial charge in [-0.2, -0.15) is 0 Å². The highest BCUT2D eigenvalue weighted by molar-refractivity contribution is 5.79. The van der Waals surface area contributed by atoms with Gasteiger partial charge < -0.3 is 24.8 Å². The molecule has 0 amide bonds. The second-order valence-electron chi connectivity index (χ2n) is 4.61. The zero-order chi connectivity index (χ0) is 14.4. The maximum atomic E-state index is 5.36. The molecule has 1 unspecified atom stereocenters. The first-order valence-electron chi connectivity index (χ1n) is 6.57. The summed E-state index contributed by atoms with van der Waals surface area (Å²) < 4.78 is 15.7. The average molecular weight is 279 g/mol. The Morgan fingerprint density at radius 2 is 2.20 bits per heavy atom. The molecule has 1 aliphatic heterocycles. The lowest BCUT2D eigenvalue weighted by atomic mass is 10.2. The number of nitrogens with zero attached hydrogens (tertiary/aromatic N) is 1. The van der Waals surface area contributed by atoms with Crippen LogP contribution in [-0.2, 0) is 11.3 Å². The average Bonchev–Trinajstić information content (AvgIpc) is 2.91. The molecule has 1 aliphatic rings. The predicted molar refractivity (Wildman–Crippen MR) is 77.2 cm³/mol. The summed E-state index contributed by atoms with van der Waals surface area (Å²) in [6.07, 6.45) is 0. The third-order valence-electron chi connectivity index (χ3n) is 2.92. The zero-order valence-corrected chi connectivity index (χ0v) is 12.1. The van der Waals surface area contributed by atoms with Gasteiger partial charge in [0.2, 0.25) is 6.79 Å². The van der Waals surface area contributed by atoms with E-state index in [0.717, 1.165) is 23.0 Å². The van der Waals surface area contributed by atoms with E-state index in [0.29, 0.717) is 19.9 Å². The van der Waals surface area contributed by atoms with Crippen molar-refractivity contribution in [3.63, 3.8) is 0 Å². The van der Waals surface area contributed by atoms with Crippen LogP contribution in [0.4, 0.5) is 0 Å². The highest BCUT2D eigenvalue weighted by atomic mass is 16.7. The number of guanidine groups is 1. The molecule has 0 spiro atoms. The van der Waals surface area contributed by atoms with E-state index in [9.17, 15) is 0 Å². The monoisotopic (exact) mass is 279 g/mol. The summed E-state index contributed by atoms with van der Waals surface area (Å²) in [5.41, 5.74) is 1.11. The third kappa shape index (κ3) is 3.77. The topological polar surface area (TPSA) is 64.1 Å². The standard InChI is InChI=1S/C14H21N3O3/c1-10(8-18-3)17-14(15-2)16-7-11-4-5-12-13(6-11)20-9-19-12/h4-6,10H,7-9H2,1-3H3,(H2,15,16,17). The second-order valence-corrected chi connectivity index (χ2v) is 4.61. The first-order valence-corrected chi connectivity index (χ1v) is 6.57. The minimum Gasteiger partial charge on any atom is -0.454 e. The second kappa shape index (κ2) is 7.00. The lowest BCUT2D eigenvalue weighted by Gasteiger charge is -2.17. The van der Waals surface area contributed by atoms with E-state index < -0.39 is 0 Å². The molecule has 1 aromatic carbocycles. The van der Waals surface area contributed by atoms with E-state index in [4.69, 9.17) is 14.2 Å². The van der Waals surface area contributed by atoms with Crippen molar-refractivity contribution >= 4 is 5.96 Å². The molecule has 0 fully saturated rings. The van der Waals surface area contributed by atoms with Crippen molar-refractivity contribution in [1.29, 1.82) is 0 Å². The van der Waals surface area contributed by atoms with E-state index in [-0.39, 0.29) is 6.04 Å². The number of ether oxygens (including phenoxy) is 3. The van der Waals surface area contributed by atoms with Gasteiger partial charge in [0, 0.05) is 26.7 Å². The number of hydrogen-bond donors (Lipinski definition) is 2. The molecule has 1 aromatic rings. The fraction of sp³-hybridized carbons (Fsp3) is 0.500. The van der Waals surface area contributed by atoms with E-state index in [1.54, 1.807) is 14.2 Å². The van der Waals surface area contributed by atoms with Gasteiger partial charge in [-0.1, -0.05) is 6.07 Å². The van der Waals surface area contributed by atoms with Gasteiger partial charge in [-0.15, -0.1) is 0 Å². The van der Waals surface area contributed by atoms with Crippen LogP contribution in [0.25, 0.3) is 0 Å². The molecule has 1 heterocycles. The normalized spacial score (nSPS) is 15.1. The van der Waals surface area contributed by atoms with Crippen molar-refractivity contribution in [2.75, 3.05) is 27.6 Å². The highest BCUT2D eigenvalue weighted by Gasteiger charge is 2.13. The third-order valence-corrected chi connectivity index (χ3v) is 2.92. The molecular weight excluding hydrogens is 258 g/mol. The summed E-state index contributed by atoms with van der Waals surface area (Å²) >= 11 is 0. The van der Waals surface area contributed by atoms with E-state index in [1.807, 2.05) is 25.1 Å². The Kier molecular flexibility index (Phi) is 5.06. The maximum Gasteiger partial charge on any atom is 0.231 e. The fourth-order valence-electron chi connectivity index (χ4n) is 1.96. The molecule has 2 rings (SSSR count). The van der Waals surface area contributed by atoms with Crippen LogP contribution in [0.3, 0.4) is 0 Å². The van der Waals surface area contributed by atoms with Gasteiger partial charge >= 0.3 is 0 Å². The van der Waals surface area contributed by atoms with Crippen molar-refractivity contribution in [1.82, 2.24) is 10.6 Å². The van der Waals surface area contributed by atoms with E-state index >= 15 is 0 Å². The Balaban J connectivity index is 1.87. The number of methoxy groups -OCH3 is 1. The lowest BCUT2D eigenvalue weighted by Crippen LogP contribution is -2.43. The van der Waals surface area contributed by atoms with Crippen LogP contribution >= 0.6 is 0 Å². The van der Waals surface area contributed by atoms with Crippen molar-refractivity contribution in [3.05, 3.63) is 23.8 Å². The van der Waals surface area contributed by atoms with Crippen molar-refractivity contribution in [2.24, 2.45) is 4.99 Å². The molecule has 6 heteroatoms. The molecule has 0 radical (unpaired) electrons. The van der Waals surface area contributed by atoms with Crippen LogP contribution in [-0.4, -0.2) is 39.6 Å². The molecule has 20 heavy (non-hydrogen) atoms. The largest absolute Gasteiger partial charge is 0.454 e. The number of aliphatic imine (C=N–C) groups is 1. The zero-order valence-electron chi connectivity index (χ0n) is 12.1. The summed E-state index contributed by atoms with van der Waals surface area (Å²) in [5, 5.41) is 6.50. The van der Waals surface area contributed by atoms with E-state index in [2.05, 4.69) is 15.6 Å². The predicted octanol–water partition coefficient (Wildman–Crippen LogP) is 1.12. The summed E-state index contributed by atoms with van der Waals surface area (Å²) in [6.45, 7) is 3.63. The number of rotatable bonds is 5. The fourth-order valence-corrected chi connectivity index (χ4v) is 1.96. The number of hydrogen-bond acceptors (Lipinski definition) is 4. The Morgan fingerprint density at radius 3 is 2.95 bits per heavy atom. The van der Waals surface area contributed by atoms with Crippen LogP contribution < -0.4 is 20.1 Å². The summed E-state index contributed by atoms with van der Waals surface area (Å²) in [5.74, 6) is 2.33. The molecule has 110 valence electrons. The van der Waals surface area contributed by atoms with Gasteiger partial charge in [-0.05, 0) is 24.6 Å². The molecule has 6 nitrogen and oxygen atoms in total. The number of fused-ring (bicyclic) bond motifs is 1. The summed E-state index contributed by atoms with van der Waals surface area (Å²) in [6, 6.07) is 6.10. The van der Waals surface area contributed by atoms with Crippen molar-refractivity contribution in [3.8, 4) is 11.5 Å². The minimum atomic E-state index is 0.197. The van der Waals surface area contributed by atoms with Gasteiger partial charge in [0.25, 0.3) is 0 Å². The minimum absolute atomic E-state index is 0.197. The molecule has 0 aliphatic carbocycles. The van der Waals surface area contributed by atoms with Gasteiger partial charge in [-0.3, -0.25) is 4.99 Å². The maximum absolute atomic E-state index is 5.36. The molecule has 0 aromatic heterocycles. The molecular formula is C14H21N3O3. The molecule has 0 bridgehead atoms. The Labute approximate surface area is 119 Å². The van der Waals surface area contributed by atoms with Gasteiger partial charge in [-0.25, -0.2) is 0 Å². The first kappa shape index (κ1) is 14.5. The summed E-state index contributed by atoms with van der Waals surface area (Å²) in [7, 11) is 3.43. The van der Waals surface area contributed by atoms with Gasteiger partial charge in [0.05, 0.1) is 6.61 Å². The number of benzene rings is 1. The van der Waals surface area contributed by atoms with Gasteiger partial charge in [0.1, 0.15) is 0 Å². The Hall–Kier alpha value is -1.95. The summed E-state index contributed by atoms with van der Waals surface area (Å²) in [4.78, 5) is 4.18. The quantitative estimate of drug-likeness (QED) is 0.624. The van der Waals surface area contributed by atoms with Crippen LogP contribution in [0.2, 0.25) is 0 Å². The molecule has 2 N–H and O–H groups in total. The van der Waals surface area contributed by atoms with Crippen molar-refractivity contribution < 1.29 is 14.2 Å². The highest BCUT2D eigenvalue weighted by Crippen LogP contribution is 2.32. The van der Waals surface area contributed by atoms with Gasteiger partial charge in [0.15, 0.2) is 17.5 Å². The van der Waals surface area contributed by atoms with Crippen LogP contribution in [0.1, 0.15) is 12.5 Å². The Bertz CT molecular complexity index is 477. The van der Waals surface area contributed by atoms with Crippen LogP contribution in [0.15, 0.2) is 23.2 Å². The van der Waals surface area contributed by atoms with Crippen molar-refractivity contribution in [2.45, 2.75) is 19.5 Å². The van der Waals surface area contributed by atoms with Crippen LogP contribution in [0.5, 0.6) is 11.5 Å². The van der Waals surface area contributed by atoms with Crippen LogP contribution in [0, 0.1) is 0 Å². The SMILES string of the molecule is CN=C(NCc1ccc2c(c1)OCO2)NC(C)COC. The Morgan fingerprint density at radius 1 is 1.40 bits per heavy atom. The molecule has 0 saturated heterocycles. The lowest BCUT2D eigenvalue weighted by molar-refractivity contribution is 0.174. The number of nitrogens with one attached hydrogen (secondary N) is 2. The smallest absolute Gasteiger partial charge is 0.231 e. The molecule has 1 atom stereocenters. The first-order chi connectivity index (χ1) is 9.72. The van der Waals surface area contributed by atoms with E-state index in [1.165, 1.54) is 0 Å². The molecule has 0 saturated carbocycles.